The van der Waals surface area contributed by atoms with Gasteiger partial charge in [-0.1, -0.05) is 0 Å². The molecule has 1 rings (SSSR count). The van der Waals surface area contributed by atoms with E-state index in [1.54, 1.807) is 20.8 Å². The molecule has 0 spiro atoms. The van der Waals surface area contributed by atoms with Gasteiger partial charge in [0.15, 0.2) is 0 Å². The van der Waals surface area contributed by atoms with E-state index in [2.05, 4.69) is 5.32 Å². The molecule has 0 radical (unpaired) electrons. The highest BCUT2D eigenvalue weighted by Crippen LogP contribution is 2.15. The van der Waals surface area contributed by atoms with Crippen molar-refractivity contribution in [3.05, 3.63) is 0 Å². The van der Waals surface area contributed by atoms with Crippen LogP contribution in [0.2, 0.25) is 0 Å². The van der Waals surface area contributed by atoms with E-state index in [1.807, 2.05) is 0 Å². The number of piperidine rings is 1. The van der Waals surface area contributed by atoms with E-state index in [4.69, 9.17) is 4.74 Å². The number of hydrogen-bond donors (Lipinski definition) is 2. The zero-order chi connectivity index (χ0) is 13.9. The highest BCUT2D eigenvalue weighted by Gasteiger charge is 2.32. The zero-order valence-corrected chi connectivity index (χ0v) is 11.4. The van der Waals surface area contributed by atoms with E-state index in [9.17, 15) is 14.7 Å². The summed E-state index contributed by atoms with van der Waals surface area (Å²) >= 11 is 0. The molecule has 2 amide bonds. The van der Waals surface area contributed by atoms with Crippen LogP contribution in [0.5, 0.6) is 0 Å². The van der Waals surface area contributed by atoms with Gasteiger partial charge in [-0.15, -0.1) is 0 Å². The fraction of sp³-hybridized carbons (Fsp3) is 0.833. The van der Waals surface area contributed by atoms with Crippen molar-refractivity contribution in [1.82, 2.24) is 10.2 Å². The summed E-state index contributed by atoms with van der Waals surface area (Å²) in [4.78, 5) is 24.4. The van der Waals surface area contributed by atoms with Crippen LogP contribution in [0.15, 0.2) is 0 Å². The summed E-state index contributed by atoms with van der Waals surface area (Å²) in [5, 5.41) is 12.4. The van der Waals surface area contributed by atoms with Gasteiger partial charge < -0.3 is 20.1 Å². The maximum atomic E-state index is 11.9. The summed E-state index contributed by atoms with van der Waals surface area (Å²) < 4.78 is 5.26. The van der Waals surface area contributed by atoms with Crippen molar-refractivity contribution in [2.75, 3.05) is 13.1 Å². The van der Waals surface area contributed by atoms with Gasteiger partial charge in [0.25, 0.3) is 0 Å². The molecule has 2 N–H and O–H groups in total. The molecule has 0 saturated carbocycles. The largest absolute Gasteiger partial charge is 0.444 e. The van der Waals surface area contributed by atoms with E-state index in [1.165, 1.54) is 11.8 Å². The Morgan fingerprint density at radius 1 is 1.39 bits per heavy atom. The molecule has 1 fully saturated rings. The summed E-state index contributed by atoms with van der Waals surface area (Å²) in [6, 6.07) is -0.427. The van der Waals surface area contributed by atoms with Crippen LogP contribution in [0.25, 0.3) is 0 Å². The SMILES string of the molecule is CC(=O)N[C@@H]1CN(C(=O)OC(C)(C)C)CC[C@H]1O. The van der Waals surface area contributed by atoms with Crippen LogP contribution in [-0.2, 0) is 9.53 Å². The third kappa shape index (κ3) is 4.52. The topological polar surface area (TPSA) is 78.9 Å². The summed E-state index contributed by atoms with van der Waals surface area (Å²) in [6.07, 6.45) is -0.596. The van der Waals surface area contributed by atoms with E-state index in [-0.39, 0.29) is 12.5 Å². The highest BCUT2D eigenvalue weighted by atomic mass is 16.6. The molecule has 2 atom stereocenters. The first-order chi connectivity index (χ1) is 8.19. The normalized spacial score (nSPS) is 24.6. The van der Waals surface area contributed by atoms with E-state index in [0.717, 1.165) is 0 Å². The lowest BCUT2D eigenvalue weighted by Crippen LogP contribution is -2.56. The molecule has 6 heteroatoms. The molecule has 0 bridgehead atoms. The zero-order valence-electron chi connectivity index (χ0n) is 11.4. The van der Waals surface area contributed by atoms with Gasteiger partial charge in [0, 0.05) is 20.0 Å². The van der Waals surface area contributed by atoms with Gasteiger partial charge in [-0.3, -0.25) is 4.79 Å². The number of aliphatic hydroxyl groups is 1. The second kappa shape index (κ2) is 5.56. The quantitative estimate of drug-likeness (QED) is 0.717. The van der Waals surface area contributed by atoms with Crippen molar-refractivity contribution in [2.24, 2.45) is 0 Å². The molecule has 1 saturated heterocycles. The molecule has 0 aromatic heterocycles. The minimum Gasteiger partial charge on any atom is -0.444 e. The molecule has 1 aliphatic rings. The third-order valence-corrected chi connectivity index (χ3v) is 2.62. The number of nitrogens with one attached hydrogen (secondary N) is 1. The van der Waals surface area contributed by atoms with Crippen molar-refractivity contribution in [1.29, 1.82) is 0 Å². The fourth-order valence-corrected chi connectivity index (χ4v) is 1.83. The fourth-order valence-electron chi connectivity index (χ4n) is 1.83. The average Bonchev–Trinajstić information content (AvgIpc) is 2.17. The molecule has 0 aliphatic carbocycles. The monoisotopic (exact) mass is 258 g/mol. The van der Waals surface area contributed by atoms with Gasteiger partial charge in [-0.05, 0) is 27.2 Å². The Morgan fingerprint density at radius 3 is 2.50 bits per heavy atom. The summed E-state index contributed by atoms with van der Waals surface area (Å²) in [5.41, 5.74) is -0.545. The van der Waals surface area contributed by atoms with Gasteiger partial charge in [0.2, 0.25) is 5.91 Å². The van der Waals surface area contributed by atoms with Crippen LogP contribution in [0.1, 0.15) is 34.1 Å². The van der Waals surface area contributed by atoms with E-state index in [0.29, 0.717) is 13.0 Å². The van der Waals surface area contributed by atoms with Crippen molar-refractivity contribution in [3.8, 4) is 0 Å². The lowest BCUT2D eigenvalue weighted by Gasteiger charge is -2.37. The maximum Gasteiger partial charge on any atom is 0.410 e. The van der Waals surface area contributed by atoms with Crippen molar-refractivity contribution in [2.45, 2.75) is 51.9 Å². The number of amides is 2. The van der Waals surface area contributed by atoms with Crippen LogP contribution in [0.4, 0.5) is 4.79 Å². The second-order valence-corrected chi connectivity index (χ2v) is 5.59. The number of rotatable bonds is 1. The molecule has 1 heterocycles. The Bertz CT molecular complexity index is 325. The highest BCUT2D eigenvalue weighted by molar-refractivity contribution is 5.73. The molecular weight excluding hydrogens is 236 g/mol. The summed E-state index contributed by atoms with van der Waals surface area (Å²) in [6.45, 7) is 7.50. The average molecular weight is 258 g/mol. The molecule has 0 aromatic rings. The Kier molecular flexibility index (Phi) is 4.56. The standard InChI is InChI=1S/C12H22N2O4/c1-8(15)13-9-7-14(6-5-10(9)16)11(17)18-12(2,3)4/h9-10,16H,5-7H2,1-4H3,(H,13,15)/t9-,10-/m1/s1. The van der Waals surface area contributed by atoms with Gasteiger partial charge in [0.1, 0.15) is 5.60 Å². The molecule has 6 nitrogen and oxygen atoms in total. The Morgan fingerprint density at radius 2 is 2.00 bits per heavy atom. The molecule has 18 heavy (non-hydrogen) atoms. The maximum absolute atomic E-state index is 11.9. The third-order valence-electron chi connectivity index (χ3n) is 2.62. The van der Waals surface area contributed by atoms with Gasteiger partial charge in [0.05, 0.1) is 12.1 Å². The van der Waals surface area contributed by atoms with Gasteiger partial charge in [-0.25, -0.2) is 4.79 Å². The number of carbonyl (C=O) groups excluding carboxylic acids is 2. The predicted molar refractivity (Wildman–Crippen MR) is 66.0 cm³/mol. The molecule has 0 unspecified atom stereocenters. The van der Waals surface area contributed by atoms with E-state index < -0.39 is 23.8 Å². The summed E-state index contributed by atoms with van der Waals surface area (Å²) in [7, 11) is 0. The number of nitrogens with zero attached hydrogens (tertiary/aromatic N) is 1. The van der Waals surface area contributed by atoms with Gasteiger partial charge in [-0.2, -0.15) is 0 Å². The Balaban J connectivity index is 2.58. The van der Waals surface area contributed by atoms with E-state index >= 15 is 0 Å². The van der Waals surface area contributed by atoms with Gasteiger partial charge >= 0.3 is 6.09 Å². The molecule has 104 valence electrons. The first kappa shape index (κ1) is 14.8. The number of ether oxygens (including phenoxy) is 1. The molecule has 0 aromatic carbocycles. The number of aliphatic hydroxyl groups excluding tert-OH is 1. The number of carbonyl (C=O) groups is 2. The smallest absolute Gasteiger partial charge is 0.410 e. The molecular formula is C12H22N2O4. The molecule has 1 aliphatic heterocycles. The Hall–Kier alpha value is -1.30. The predicted octanol–water partition coefficient (Wildman–Crippen LogP) is 0.493. The Labute approximate surface area is 107 Å². The van der Waals surface area contributed by atoms with Crippen LogP contribution in [-0.4, -0.2) is 52.8 Å². The second-order valence-electron chi connectivity index (χ2n) is 5.59. The first-order valence-electron chi connectivity index (χ1n) is 6.12. The van der Waals surface area contributed by atoms with Crippen LogP contribution in [0, 0.1) is 0 Å². The minimum atomic E-state index is -0.618. The minimum absolute atomic E-state index is 0.218. The summed E-state index contributed by atoms with van der Waals surface area (Å²) in [5.74, 6) is -0.218. The van der Waals surface area contributed by atoms with Crippen molar-refractivity contribution < 1.29 is 19.4 Å². The van der Waals surface area contributed by atoms with Crippen molar-refractivity contribution in [3.63, 3.8) is 0 Å². The number of likely N-dealkylation sites (tertiary alicyclic amines) is 1. The van der Waals surface area contributed by atoms with Crippen LogP contribution < -0.4 is 5.32 Å². The van der Waals surface area contributed by atoms with Crippen LogP contribution >= 0.6 is 0 Å². The number of hydrogen-bond acceptors (Lipinski definition) is 4. The first-order valence-corrected chi connectivity index (χ1v) is 6.12. The van der Waals surface area contributed by atoms with Crippen molar-refractivity contribution >= 4 is 12.0 Å². The van der Waals surface area contributed by atoms with Crippen LogP contribution in [0.3, 0.4) is 0 Å². The lowest BCUT2D eigenvalue weighted by atomic mass is 10.0. The lowest BCUT2D eigenvalue weighted by molar-refractivity contribution is -0.121.